The second-order valence-electron chi connectivity index (χ2n) is 6.65. The first-order valence-electron chi connectivity index (χ1n) is 9.25. The van der Waals surface area contributed by atoms with Gasteiger partial charge in [0, 0.05) is 19.5 Å². The molecule has 2 aromatic carbocycles. The summed E-state index contributed by atoms with van der Waals surface area (Å²) in [6.07, 6.45) is 3.80. The number of carbonyl (C=O) groups is 1. The van der Waals surface area contributed by atoms with Gasteiger partial charge >= 0.3 is 0 Å². The van der Waals surface area contributed by atoms with Gasteiger partial charge in [0.1, 0.15) is 0 Å². The van der Waals surface area contributed by atoms with E-state index in [1.165, 1.54) is 0 Å². The highest BCUT2D eigenvalue weighted by Gasteiger charge is 2.25. The molecule has 144 valence electrons. The molecule has 1 aliphatic rings. The van der Waals surface area contributed by atoms with Gasteiger partial charge in [0.25, 0.3) is 0 Å². The first kappa shape index (κ1) is 19.4. The van der Waals surface area contributed by atoms with Crippen molar-refractivity contribution in [1.82, 2.24) is 9.73 Å². The molecular formula is C20H25N3O3S. The molecule has 0 saturated carbocycles. The standard InChI is InChI=1S/C20H25N3O3S/c24-20(22-21-18-7-3-1-4-8-18)14-11-17-9-12-19(13-10-17)27(25,26)23-15-5-2-6-16-23/h1,3-4,7-10,12-13,21H,2,5-6,11,14-16H2,(H,22,24). The van der Waals surface area contributed by atoms with Crippen molar-refractivity contribution in [2.24, 2.45) is 0 Å². The number of rotatable bonds is 7. The number of nitrogens with one attached hydrogen (secondary N) is 2. The Morgan fingerprint density at radius 2 is 1.59 bits per heavy atom. The molecule has 1 saturated heterocycles. The second-order valence-corrected chi connectivity index (χ2v) is 8.59. The van der Waals surface area contributed by atoms with Crippen LogP contribution in [0.4, 0.5) is 5.69 Å². The molecule has 0 aromatic heterocycles. The number of nitrogens with zero attached hydrogens (tertiary/aromatic N) is 1. The molecule has 0 bridgehead atoms. The number of anilines is 1. The van der Waals surface area contributed by atoms with Crippen LogP contribution >= 0.6 is 0 Å². The van der Waals surface area contributed by atoms with Crippen LogP contribution in [0.2, 0.25) is 0 Å². The van der Waals surface area contributed by atoms with Gasteiger partial charge in [-0.05, 0) is 49.1 Å². The third kappa shape index (κ3) is 5.30. The summed E-state index contributed by atoms with van der Waals surface area (Å²) in [4.78, 5) is 12.3. The van der Waals surface area contributed by atoms with Gasteiger partial charge in [-0.3, -0.25) is 15.6 Å². The molecule has 2 N–H and O–H groups in total. The summed E-state index contributed by atoms with van der Waals surface area (Å²) in [5, 5.41) is 0. The number of aryl methyl sites for hydroxylation is 1. The molecule has 0 aliphatic carbocycles. The normalized spacial score (nSPS) is 15.3. The van der Waals surface area contributed by atoms with Crippen LogP contribution in [0, 0.1) is 0 Å². The summed E-state index contributed by atoms with van der Waals surface area (Å²) in [6.45, 7) is 1.19. The van der Waals surface area contributed by atoms with Gasteiger partial charge in [-0.1, -0.05) is 36.8 Å². The van der Waals surface area contributed by atoms with E-state index in [0.717, 1.165) is 30.5 Å². The largest absolute Gasteiger partial charge is 0.299 e. The van der Waals surface area contributed by atoms with Gasteiger partial charge in [0.15, 0.2) is 0 Å². The molecule has 0 atom stereocenters. The van der Waals surface area contributed by atoms with Gasteiger partial charge in [0.2, 0.25) is 15.9 Å². The quantitative estimate of drug-likeness (QED) is 0.716. The van der Waals surface area contributed by atoms with Gasteiger partial charge in [-0.2, -0.15) is 4.31 Å². The topological polar surface area (TPSA) is 78.5 Å². The number of hydrogen-bond donors (Lipinski definition) is 2. The fourth-order valence-corrected chi connectivity index (χ4v) is 4.58. The molecule has 2 aromatic rings. The number of sulfonamides is 1. The molecule has 3 rings (SSSR count). The highest BCUT2D eigenvalue weighted by atomic mass is 32.2. The molecule has 0 unspecified atom stereocenters. The maximum absolute atomic E-state index is 12.6. The Kier molecular flexibility index (Phi) is 6.47. The molecule has 7 heteroatoms. The van der Waals surface area contributed by atoms with Crippen molar-refractivity contribution in [3.63, 3.8) is 0 Å². The number of hydrogen-bond acceptors (Lipinski definition) is 4. The zero-order valence-electron chi connectivity index (χ0n) is 15.2. The average Bonchev–Trinajstić information content (AvgIpc) is 2.72. The lowest BCUT2D eigenvalue weighted by Crippen LogP contribution is -2.35. The van der Waals surface area contributed by atoms with Crippen molar-refractivity contribution in [3.8, 4) is 0 Å². The minimum absolute atomic E-state index is 0.121. The number of amides is 1. The van der Waals surface area contributed by atoms with E-state index in [0.29, 0.717) is 30.8 Å². The van der Waals surface area contributed by atoms with Crippen LogP contribution < -0.4 is 10.9 Å². The van der Waals surface area contributed by atoms with Crippen LogP contribution in [-0.4, -0.2) is 31.7 Å². The average molecular weight is 388 g/mol. The van der Waals surface area contributed by atoms with E-state index >= 15 is 0 Å². The van der Waals surface area contributed by atoms with E-state index < -0.39 is 10.0 Å². The maximum Gasteiger partial charge on any atom is 0.243 e. The zero-order chi connectivity index (χ0) is 19.1. The van der Waals surface area contributed by atoms with Crippen molar-refractivity contribution < 1.29 is 13.2 Å². The predicted octanol–water partition coefficient (Wildman–Crippen LogP) is 2.94. The van der Waals surface area contributed by atoms with Crippen LogP contribution in [-0.2, 0) is 21.2 Å². The number of benzene rings is 2. The van der Waals surface area contributed by atoms with Crippen LogP contribution in [0.5, 0.6) is 0 Å². The Labute approximate surface area is 160 Å². The minimum atomic E-state index is -3.41. The second kappa shape index (κ2) is 9.01. The summed E-state index contributed by atoms with van der Waals surface area (Å²) in [5.74, 6) is -0.121. The highest BCUT2D eigenvalue weighted by Crippen LogP contribution is 2.21. The fourth-order valence-electron chi connectivity index (χ4n) is 3.07. The summed E-state index contributed by atoms with van der Waals surface area (Å²) >= 11 is 0. The predicted molar refractivity (Wildman–Crippen MR) is 106 cm³/mol. The van der Waals surface area contributed by atoms with Crippen molar-refractivity contribution >= 4 is 21.6 Å². The van der Waals surface area contributed by atoms with Crippen molar-refractivity contribution in [1.29, 1.82) is 0 Å². The summed E-state index contributed by atoms with van der Waals surface area (Å²) in [7, 11) is -3.41. The molecular weight excluding hydrogens is 362 g/mol. The molecule has 27 heavy (non-hydrogen) atoms. The van der Waals surface area contributed by atoms with Crippen LogP contribution in [0.15, 0.2) is 59.5 Å². The van der Waals surface area contributed by atoms with E-state index in [9.17, 15) is 13.2 Å². The van der Waals surface area contributed by atoms with E-state index in [1.54, 1.807) is 28.6 Å². The molecule has 0 spiro atoms. The van der Waals surface area contributed by atoms with Crippen LogP contribution in [0.1, 0.15) is 31.2 Å². The van der Waals surface area contributed by atoms with Crippen LogP contribution in [0.3, 0.4) is 0 Å². The maximum atomic E-state index is 12.6. The SMILES string of the molecule is O=C(CCc1ccc(S(=O)(=O)N2CCCCC2)cc1)NNc1ccccc1. The third-order valence-electron chi connectivity index (χ3n) is 4.64. The Morgan fingerprint density at radius 3 is 2.26 bits per heavy atom. The molecule has 6 nitrogen and oxygen atoms in total. The molecule has 1 fully saturated rings. The van der Waals surface area contributed by atoms with Crippen LogP contribution in [0.25, 0.3) is 0 Å². The Morgan fingerprint density at radius 1 is 0.926 bits per heavy atom. The lowest BCUT2D eigenvalue weighted by molar-refractivity contribution is -0.120. The van der Waals surface area contributed by atoms with Crippen molar-refractivity contribution in [2.45, 2.75) is 37.0 Å². The summed E-state index contributed by atoms with van der Waals surface area (Å²) < 4.78 is 26.8. The number of carbonyl (C=O) groups excluding carboxylic acids is 1. The zero-order valence-corrected chi connectivity index (χ0v) is 16.0. The Balaban J connectivity index is 1.50. The molecule has 0 radical (unpaired) electrons. The lowest BCUT2D eigenvalue weighted by atomic mass is 10.1. The molecule has 1 aliphatic heterocycles. The van der Waals surface area contributed by atoms with Crippen molar-refractivity contribution in [2.75, 3.05) is 18.5 Å². The van der Waals surface area contributed by atoms with Gasteiger partial charge < -0.3 is 0 Å². The van der Waals surface area contributed by atoms with E-state index in [1.807, 2.05) is 30.3 Å². The lowest BCUT2D eigenvalue weighted by Gasteiger charge is -2.25. The first-order chi connectivity index (χ1) is 13.1. The van der Waals surface area contributed by atoms with E-state index in [2.05, 4.69) is 10.9 Å². The van der Waals surface area contributed by atoms with Crippen molar-refractivity contribution in [3.05, 3.63) is 60.2 Å². The number of para-hydroxylation sites is 1. The number of hydrazine groups is 1. The fraction of sp³-hybridized carbons (Fsp3) is 0.350. The van der Waals surface area contributed by atoms with E-state index in [4.69, 9.17) is 0 Å². The summed E-state index contributed by atoms with van der Waals surface area (Å²) in [5.41, 5.74) is 7.27. The minimum Gasteiger partial charge on any atom is -0.299 e. The Hall–Kier alpha value is -2.38. The number of piperidine rings is 1. The molecule has 1 amide bonds. The van der Waals surface area contributed by atoms with Gasteiger partial charge in [0.05, 0.1) is 10.6 Å². The monoisotopic (exact) mass is 387 g/mol. The first-order valence-corrected chi connectivity index (χ1v) is 10.7. The smallest absolute Gasteiger partial charge is 0.243 e. The van der Waals surface area contributed by atoms with E-state index in [-0.39, 0.29) is 5.91 Å². The highest BCUT2D eigenvalue weighted by molar-refractivity contribution is 7.89. The summed E-state index contributed by atoms with van der Waals surface area (Å²) in [6, 6.07) is 16.2. The van der Waals surface area contributed by atoms with Gasteiger partial charge in [-0.15, -0.1) is 0 Å². The third-order valence-corrected chi connectivity index (χ3v) is 6.55. The van der Waals surface area contributed by atoms with Gasteiger partial charge in [-0.25, -0.2) is 8.42 Å². The Bertz CT molecular complexity index is 846. The molecule has 1 heterocycles.